The third-order valence-corrected chi connectivity index (χ3v) is 1.96. The maximum atomic E-state index is 9.30. The van der Waals surface area contributed by atoms with Crippen LogP contribution < -0.4 is 0 Å². The second kappa shape index (κ2) is 3.15. The molecule has 0 saturated heterocycles. The molecule has 2 nitrogen and oxygen atoms in total. The number of aliphatic hydroxyl groups is 1. The van der Waals surface area contributed by atoms with Crippen LogP contribution in [0.15, 0.2) is 30.3 Å². The van der Waals surface area contributed by atoms with Gasteiger partial charge in [0, 0.05) is 5.39 Å². The maximum Gasteiger partial charge on any atom is 0.0932 e. The van der Waals surface area contributed by atoms with E-state index in [0.29, 0.717) is 5.69 Å². The quantitative estimate of drug-likeness (QED) is 0.714. The number of para-hydroxylation sites is 1. The van der Waals surface area contributed by atoms with Gasteiger partial charge in [-0.05, 0) is 25.1 Å². The fourth-order valence-corrected chi connectivity index (χ4v) is 1.23. The van der Waals surface area contributed by atoms with Gasteiger partial charge in [0.25, 0.3) is 0 Å². The van der Waals surface area contributed by atoms with Crippen molar-refractivity contribution >= 4 is 10.9 Å². The van der Waals surface area contributed by atoms with Crippen LogP contribution in [0.2, 0.25) is 0 Å². The zero-order valence-electron chi connectivity index (χ0n) is 7.36. The van der Waals surface area contributed by atoms with Crippen molar-refractivity contribution in [2.75, 3.05) is 0 Å². The van der Waals surface area contributed by atoms with Crippen molar-refractivity contribution in [3.05, 3.63) is 42.1 Å². The highest BCUT2D eigenvalue weighted by Gasteiger charge is 2.02. The van der Waals surface area contributed by atoms with Gasteiger partial charge in [-0.2, -0.15) is 0 Å². The van der Waals surface area contributed by atoms with Crippen molar-refractivity contribution in [3.8, 4) is 0 Å². The average molecular weight is 172 g/mol. The van der Waals surface area contributed by atoms with Gasteiger partial charge in [-0.3, -0.25) is 4.98 Å². The highest BCUT2D eigenvalue weighted by Crippen LogP contribution is 2.15. The van der Waals surface area contributed by atoms with Crippen LogP contribution in [0.3, 0.4) is 0 Å². The van der Waals surface area contributed by atoms with Gasteiger partial charge in [0.05, 0.1) is 17.3 Å². The van der Waals surface area contributed by atoms with E-state index in [4.69, 9.17) is 0 Å². The number of pyridine rings is 1. The molecule has 0 saturated carbocycles. The van der Waals surface area contributed by atoms with Crippen LogP contribution in [0.25, 0.3) is 10.9 Å². The molecule has 0 aliphatic carbocycles. The number of benzene rings is 1. The molecule has 2 rings (SSSR count). The molecule has 13 heavy (non-hydrogen) atoms. The summed E-state index contributed by atoms with van der Waals surface area (Å²) in [6.07, 6.45) is -0.527. The molecule has 1 N–H and O–H groups in total. The van der Waals surface area contributed by atoms with Crippen molar-refractivity contribution < 1.29 is 5.11 Å². The third-order valence-electron chi connectivity index (χ3n) is 1.96. The molecule has 1 aromatic carbocycles. The lowest BCUT2D eigenvalue weighted by molar-refractivity contribution is 0.194. The Morgan fingerprint density at radius 3 is 2.92 bits per heavy atom. The smallest absolute Gasteiger partial charge is 0.0932 e. The predicted octanol–water partition coefficient (Wildman–Crippen LogP) is 2.09. The Hall–Kier alpha value is -1.41. The van der Waals surface area contributed by atoms with Gasteiger partial charge < -0.3 is 5.11 Å². The molecule has 0 aliphatic heterocycles. The highest BCUT2D eigenvalue weighted by molar-refractivity contribution is 5.77. The van der Waals surface area contributed by atoms with E-state index in [0.717, 1.165) is 10.9 Å². The summed E-state index contributed by atoms with van der Waals surface area (Å²) in [4.78, 5) is 4.29. The van der Waals surface area contributed by atoms with Crippen molar-refractivity contribution in [2.24, 2.45) is 0 Å². The Kier molecular flexibility index (Phi) is 1.99. The van der Waals surface area contributed by atoms with E-state index in [-0.39, 0.29) is 0 Å². The molecule has 1 radical (unpaired) electrons. The fraction of sp³-hybridized carbons (Fsp3) is 0.182. The first kappa shape index (κ1) is 8.20. The van der Waals surface area contributed by atoms with Gasteiger partial charge in [0.15, 0.2) is 0 Å². The van der Waals surface area contributed by atoms with E-state index in [9.17, 15) is 5.11 Å². The highest BCUT2D eigenvalue weighted by atomic mass is 16.3. The minimum atomic E-state index is -0.527. The molecule has 2 heteroatoms. The monoisotopic (exact) mass is 172 g/mol. The van der Waals surface area contributed by atoms with Crippen molar-refractivity contribution in [1.82, 2.24) is 4.98 Å². The lowest BCUT2D eigenvalue weighted by Crippen LogP contribution is -1.94. The predicted molar refractivity (Wildman–Crippen MR) is 51.2 cm³/mol. The van der Waals surface area contributed by atoms with Crippen molar-refractivity contribution in [3.63, 3.8) is 0 Å². The van der Waals surface area contributed by atoms with Gasteiger partial charge in [-0.25, -0.2) is 0 Å². The van der Waals surface area contributed by atoms with Gasteiger partial charge in [0.2, 0.25) is 0 Å². The SMILES string of the molecule is CC(O)c1c[c]c2ccccc2n1. The van der Waals surface area contributed by atoms with Crippen LogP contribution in [0.1, 0.15) is 18.7 Å². The number of aromatic nitrogens is 1. The van der Waals surface area contributed by atoms with E-state index in [1.165, 1.54) is 0 Å². The van der Waals surface area contributed by atoms with E-state index in [2.05, 4.69) is 11.1 Å². The number of fused-ring (bicyclic) bond motifs is 1. The van der Waals surface area contributed by atoms with Crippen LogP contribution in [-0.4, -0.2) is 10.1 Å². The number of rotatable bonds is 1. The molecule has 0 aliphatic rings. The first-order chi connectivity index (χ1) is 6.27. The van der Waals surface area contributed by atoms with Gasteiger partial charge in [0.1, 0.15) is 0 Å². The van der Waals surface area contributed by atoms with E-state index in [1.807, 2.05) is 24.3 Å². The van der Waals surface area contributed by atoms with Crippen LogP contribution in [0.4, 0.5) is 0 Å². The van der Waals surface area contributed by atoms with E-state index >= 15 is 0 Å². The molecular formula is C11H10NO. The van der Waals surface area contributed by atoms with Crippen molar-refractivity contribution in [1.29, 1.82) is 0 Å². The minimum absolute atomic E-state index is 0.527. The normalized spacial score (nSPS) is 13.1. The summed E-state index contributed by atoms with van der Waals surface area (Å²) >= 11 is 0. The summed E-state index contributed by atoms with van der Waals surface area (Å²) in [5, 5.41) is 10.3. The molecule has 65 valence electrons. The van der Waals surface area contributed by atoms with Crippen molar-refractivity contribution in [2.45, 2.75) is 13.0 Å². The van der Waals surface area contributed by atoms with Crippen LogP contribution >= 0.6 is 0 Å². The van der Waals surface area contributed by atoms with Crippen LogP contribution in [0.5, 0.6) is 0 Å². The summed E-state index contributed by atoms with van der Waals surface area (Å²) in [5.74, 6) is 0. The summed E-state index contributed by atoms with van der Waals surface area (Å²) < 4.78 is 0. The molecule has 0 fully saturated rings. The Bertz CT molecular complexity index is 423. The molecule has 1 atom stereocenters. The summed E-state index contributed by atoms with van der Waals surface area (Å²) in [5.41, 5.74) is 1.54. The minimum Gasteiger partial charge on any atom is -0.387 e. The largest absolute Gasteiger partial charge is 0.387 e. The number of hydrogen-bond donors (Lipinski definition) is 1. The second-order valence-electron chi connectivity index (χ2n) is 3.02. The summed E-state index contributed by atoms with van der Waals surface area (Å²) in [6, 6.07) is 12.5. The standard InChI is InChI=1S/C11H10NO/c1-8(13)10-7-6-9-4-2-3-5-11(9)12-10/h2-5,7-8,13H,1H3. The van der Waals surface area contributed by atoms with E-state index in [1.54, 1.807) is 13.0 Å². The molecule has 1 unspecified atom stereocenters. The molecule has 0 bridgehead atoms. The zero-order chi connectivity index (χ0) is 9.26. The zero-order valence-corrected chi connectivity index (χ0v) is 7.36. The number of aliphatic hydroxyl groups excluding tert-OH is 1. The summed E-state index contributed by atoms with van der Waals surface area (Å²) in [6.45, 7) is 1.70. The van der Waals surface area contributed by atoms with Gasteiger partial charge >= 0.3 is 0 Å². The van der Waals surface area contributed by atoms with Gasteiger partial charge in [-0.15, -0.1) is 0 Å². The molecule has 2 aromatic rings. The first-order valence-corrected chi connectivity index (χ1v) is 4.23. The first-order valence-electron chi connectivity index (χ1n) is 4.23. The Balaban J connectivity index is 2.62. The third kappa shape index (κ3) is 1.53. The Labute approximate surface area is 76.9 Å². The van der Waals surface area contributed by atoms with Crippen LogP contribution in [-0.2, 0) is 0 Å². The second-order valence-corrected chi connectivity index (χ2v) is 3.02. The molecular weight excluding hydrogens is 162 g/mol. The molecule has 1 heterocycles. The Morgan fingerprint density at radius 1 is 1.38 bits per heavy atom. The lowest BCUT2D eigenvalue weighted by Gasteiger charge is -2.03. The molecule has 0 amide bonds. The molecule has 0 spiro atoms. The van der Waals surface area contributed by atoms with Gasteiger partial charge in [-0.1, -0.05) is 18.2 Å². The van der Waals surface area contributed by atoms with E-state index < -0.39 is 6.10 Å². The topological polar surface area (TPSA) is 33.1 Å². The Morgan fingerprint density at radius 2 is 2.15 bits per heavy atom. The maximum absolute atomic E-state index is 9.30. The lowest BCUT2D eigenvalue weighted by atomic mass is 10.2. The average Bonchev–Trinajstić information content (AvgIpc) is 2.17. The van der Waals surface area contributed by atoms with Crippen LogP contribution in [0, 0.1) is 6.07 Å². The number of nitrogens with zero attached hydrogens (tertiary/aromatic N) is 1. The molecule has 1 aromatic heterocycles. The fourth-order valence-electron chi connectivity index (χ4n) is 1.23. The number of hydrogen-bond acceptors (Lipinski definition) is 2. The summed E-state index contributed by atoms with van der Waals surface area (Å²) in [7, 11) is 0.